The lowest BCUT2D eigenvalue weighted by Crippen LogP contribution is -1.86. The second-order valence-electron chi connectivity index (χ2n) is 2.97. The summed E-state index contributed by atoms with van der Waals surface area (Å²) in [5.41, 5.74) is 1.33. The highest BCUT2D eigenvalue weighted by atomic mass is 35.5. The molecule has 0 aliphatic heterocycles. The minimum Gasteiger partial charge on any atom is -0.244 e. The summed E-state index contributed by atoms with van der Waals surface area (Å²) in [5, 5.41) is 1.58. The van der Waals surface area contributed by atoms with Gasteiger partial charge in [-0.05, 0) is 12.1 Å². The third-order valence-corrected chi connectivity index (χ3v) is 2.97. The van der Waals surface area contributed by atoms with Crippen LogP contribution in [-0.2, 0) is 0 Å². The highest BCUT2D eigenvalue weighted by Gasteiger charge is 2.10. The molecule has 0 saturated carbocycles. The van der Waals surface area contributed by atoms with Crippen LogP contribution in [0.25, 0.3) is 11.1 Å². The van der Waals surface area contributed by atoms with Gasteiger partial charge in [0.25, 0.3) is 0 Å². The molecule has 2 heterocycles. The Morgan fingerprint density at radius 3 is 1.38 bits per heavy atom. The third-order valence-electron chi connectivity index (χ3n) is 1.93. The quantitative estimate of drug-likeness (QED) is 0.709. The van der Waals surface area contributed by atoms with Gasteiger partial charge in [0.1, 0.15) is 10.3 Å². The van der Waals surface area contributed by atoms with Crippen molar-refractivity contribution >= 4 is 46.4 Å². The minimum absolute atomic E-state index is 0.326. The van der Waals surface area contributed by atoms with Crippen molar-refractivity contribution in [1.82, 2.24) is 9.97 Å². The maximum Gasteiger partial charge on any atom is 0.130 e. The first kappa shape index (κ1) is 11.9. The third kappa shape index (κ3) is 2.41. The van der Waals surface area contributed by atoms with Gasteiger partial charge in [-0.15, -0.1) is 0 Å². The topological polar surface area (TPSA) is 25.8 Å². The molecule has 2 rings (SSSR count). The Labute approximate surface area is 112 Å². The van der Waals surface area contributed by atoms with Crippen LogP contribution in [0, 0.1) is 0 Å². The van der Waals surface area contributed by atoms with Crippen molar-refractivity contribution in [3.63, 3.8) is 0 Å². The van der Waals surface area contributed by atoms with Crippen LogP contribution in [0.3, 0.4) is 0 Å². The molecule has 82 valence electrons. The zero-order valence-electron chi connectivity index (χ0n) is 7.72. The smallest absolute Gasteiger partial charge is 0.130 e. The lowest BCUT2D eigenvalue weighted by molar-refractivity contribution is 1.30. The first-order valence-corrected chi connectivity index (χ1v) is 5.71. The molecule has 0 spiro atoms. The molecule has 0 atom stereocenters. The highest BCUT2D eigenvalue weighted by Crippen LogP contribution is 2.34. The number of nitrogens with zero attached hydrogens (tertiary/aromatic N) is 2. The van der Waals surface area contributed by atoms with E-state index in [1.165, 1.54) is 0 Å². The van der Waals surface area contributed by atoms with Crippen LogP contribution in [0.15, 0.2) is 24.5 Å². The summed E-state index contributed by atoms with van der Waals surface area (Å²) in [6.45, 7) is 0. The van der Waals surface area contributed by atoms with Gasteiger partial charge in [-0.2, -0.15) is 0 Å². The molecule has 0 fully saturated rings. The van der Waals surface area contributed by atoms with E-state index in [9.17, 15) is 0 Å². The van der Waals surface area contributed by atoms with E-state index >= 15 is 0 Å². The van der Waals surface area contributed by atoms with E-state index < -0.39 is 0 Å². The Morgan fingerprint density at radius 1 is 0.688 bits per heavy atom. The van der Waals surface area contributed by atoms with E-state index in [0.717, 1.165) is 0 Å². The fourth-order valence-electron chi connectivity index (χ4n) is 1.21. The lowest BCUT2D eigenvalue weighted by atomic mass is 10.1. The summed E-state index contributed by atoms with van der Waals surface area (Å²) in [6.07, 6.45) is 3.09. The second-order valence-corrected chi connectivity index (χ2v) is 4.56. The second kappa shape index (κ2) is 4.76. The van der Waals surface area contributed by atoms with Crippen LogP contribution in [0.5, 0.6) is 0 Å². The molecule has 0 aromatic carbocycles. The van der Waals surface area contributed by atoms with Crippen molar-refractivity contribution in [3.8, 4) is 11.1 Å². The molecule has 6 heteroatoms. The first-order chi connectivity index (χ1) is 7.58. The van der Waals surface area contributed by atoms with Crippen molar-refractivity contribution in [1.29, 1.82) is 0 Å². The maximum atomic E-state index is 6.03. The van der Waals surface area contributed by atoms with Crippen LogP contribution in [0.4, 0.5) is 0 Å². The Kier molecular flexibility index (Phi) is 3.55. The monoisotopic (exact) mass is 292 g/mol. The normalized spacial score (nSPS) is 10.5. The largest absolute Gasteiger partial charge is 0.244 e. The van der Waals surface area contributed by atoms with Crippen LogP contribution >= 0.6 is 46.4 Å². The summed E-state index contributed by atoms with van der Waals surface area (Å²) in [7, 11) is 0. The van der Waals surface area contributed by atoms with Crippen molar-refractivity contribution < 1.29 is 0 Å². The predicted octanol–water partition coefficient (Wildman–Crippen LogP) is 4.76. The summed E-state index contributed by atoms with van der Waals surface area (Å²) in [5.74, 6) is 0. The Morgan fingerprint density at radius 2 is 1.06 bits per heavy atom. The van der Waals surface area contributed by atoms with Gasteiger partial charge in [-0.25, -0.2) is 9.97 Å². The minimum atomic E-state index is 0.326. The molecule has 0 N–H and O–H groups in total. The fourth-order valence-corrected chi connectivity index (χ4v) is 2.15. The molecule has 0 unspecified atom stereocenters. The molecular formula is C10H4Cl4N2. The molecular weight excluding hydrogens is 290 g/mol. The number of pyridine rings is 2. The van der Waals surface area contributed by atoms with E-state index in [4.69, 9.17) is 46.4 Å². The standard InChI is InChI=1S/C10H4Cl4N2/c11-7-1-9(13)15-3-5(7)6-4-16-10(14)2-8(6)12/h1-4H. The van der Waals surface area contributed by atoms with Gasteiger partial charge in [0.2, 0.25) is 0 Å². The summed E-state index contributed by atoms with van der Waals surface area (Å²) in [6, 6.07) is 3.09. The number of aromatic nitrogens is 2. The molecule has 0 radical (unpaired) electrons. The summed E-state index contributed by atoms with van der Waals surface area (Å²) >= 11 is 23.5. The zero-order chi connectivity index (χ0) is 11.7. The predicted molar refractivity (Wildman–Crippen MR) is 67.5 cm³/mol. The molecule has 2 aromatic heterocycles. The SMILES string of the molecule is Clc1cc(Cl)c(-c2cnc(Cl)cc2Cl)cn1. The van der Waals surface area contributed by atoms with Gasteiger partial charge in [0, 0.05) is 23.5 Å². The van der Waals surface area contributed by atoms with E-state index in [1.807, 2.05) is 0 Å². The molecule has 0 bridgehead atoms. The van der Waals surface area contributed by atoms with Crippen molar-refractivity contribution in [2.75, 3.05) is 0 Å². The van der Waals surface area contributed by atoms with Crippen LogP contribution in [0.2, 0.25) is 20.4 Å². The zero-order valence-corrected chi connectivity index (χ0v) is 10.7. The van der Waals surface area contributed by atoms with Crippen LogP contribution < -0.4 is 0 Å². The number of hydrogen-bond donors (Lipinski definition) is 0. The average Bonchev–Trinajstić information content (AvgIpc) is 2.19. The fraction of sp³-hybridized carbons (Fsp3) is 0. The van der Waals surface area contributed by atoms with Gasteiger partial charge in [-0.1, -0.05) is 46.4 Å². The lowest BCUT2D eigenvalue weighted by Gasteiger charge is -2.06. The number of hydrogen-bond acceptors (Lipinski definition) is 2. The van der Waals surface area contributed by atoms with Crippen molar-refractivity contribution in [3.05, 3.63) is 44.9 Å². The molecule has 0 amide bonds. The van der Waals surface area contributed by atoms with Gasteiger partial charge < -0.3 is 0 Å². The molecule has 0 aliphatic carbocycles. The van der Waals surface area contributed by atoms with Gasteiger partial charge in [0.05, 0.1) is 10.0 Å². The van der Waals surface area contributed by atoms with Crippen LogP contribution in [0.1, 0.15) is 0 Å². The van der Waals surface area contributed by atoms with Gasteiger partial charge >= 0.3 is 0 Å². The Bertz CT molecular complexity index is 493. The maximum absolute atomic E-state index is 6.03. The highest BCUT2D eigenvalue weighted by molar-refractivity contribution is 6.38. The molecule has 2 nitrogen and oxygen atoms in total. The summed E-state index contributed by atoms with van der Waals surface area (Å²) < 4.78 is 0. The van der Waals surface area contributed by atoms with Crippen molar-refractivity contribution in [2.24, 2.45) is 0 Å². The molecule has 2 aromatic rings. The molecule has 0 aliphatic rings. The van der Waals surface area contributed by atoms with E-state index in [0.29, 0.717) is 31.5 Å². The molecule has 0 saturated heterocycles. The number of halogens is 4. The number of rotatable bonds is 1. The Balaban J connectivity index is 2.59. The van der Waals surface area contributed by atoms with E-state index in [1.54, 1.807) is 24.5 Å². The molecule has 16 heavy (non-hydrogen) atoms. The van der Waals surface area contributed by atoms with Crippen molar-refractivity contribution in [2.45, 2.75) is 0 Å². The first-order valence-electron chi connectivity index (χ1n) is 4.20. The van der Waals surface area contributed by atoms with Gasteiger partial charge in [-0.3, -0.25) is 0 Å². The summed E-state index contributed by atoms with van der Waals surface area (Å²) in [4.78, 5) is 7.88. The van der Waals surface area contributed by atoms with Crippen LogP contribution in [-0.4, -0.2) is 9.97 Å². The average molecular weight is 294 g/mol. The van der Waals surface area contributed by atoms with E-state index in [2.05, 4.69) is 9.97 Å². The Hall–Kier alpha value is -0.540. The van der Waals surface area contributed by atoms with E-state index in [-0.39, 0.29) is 0 Å². The van der Waals surface area contributed by atoms with Gasteiger partial charge in [0.15, 0.2) is 0 Å².